The first-order valence-corrected chi connectivity index (χ1v) is 13.0. The van der Waals surface area contributed by atoms with Crippen LogP contribution in [0.1, 0.15) is 37.0 Å². The number of sulfonamides is 1. The van der Waals surface area contributed by atoms with Gasteiger partial charge in [0.1, 0.15) is 12.6 Å². The largest absolute Gasteiger partial charge is 0.354 e. The second-order valence-electron chi connectivity index (χ2n) is 8.17. The molecule has 0 aliphatic heterocycles. The monoisotopic (exact) mass is 493 g/mol. The number of halogens is 1. The summed E-state index contributed by atoms with van der Waals surface area (Å²) in [5.41, 5.74) is 2.83. The lowest BCUT2D eigenvalue weighted by Gasteiger charge is -2.32. The van der Waals surface area contributed by atoms with Gasteiger partial charge in [-0.2, -0.15) is 0 Å². The molecule has 0 unspecified atom stereocenters. The number of benzene rings is 2. The molecule has 2 amide bonds. The summed E-state index contributed by atoms with van der Waals surface area (Å²) in [5.74, 6) is -0.771. The molecule has 0 radical (unpaired) electrons. The van der Waals surface area contributed by atoms with Gasteiger partial charge in [-0.1, -0.05) is 42.8 Å². The highest BCUT2D eigenvalue weighted by Crippen LogP contribution is 2.24. The van der Waals surface area contributed by atoms with Crippen LogP contribution in [0.3, 0.4) is 0 Å². The summed E-state index contributed by atoms with van der Waals surface area (Å²) in [4.78, 5) is 27.6. The summed E-state index contributed by atoms with van der Waals surface area (Å²) in [6, 6.07) is 11.6. The fourth-order valence-electron chi connectivity index (χ4n) is 3.35. The van der Waals surface area contributed by atoms with Crippen molar-refractivity contribution in [3.05, 3.63) is 64.2 Å². The Morgan fingerprint density at radius 1 is 1.09 bits per heavy atom. The maximum atomic E-state index is 13.5. The van der Waals surface area contributed by atoms with Crippen LogP contribution < -0.4 is 9.62 Å². The van der Waals surface area contributed by atoms with Crippen molar-refractivity contribution < 1.29 is 18.0 Å². The van der Waals surface area contributed by atoms with Crippen molar-refractivity contribution in [2.75, 3.05) is 23.7 Å². The molecule has 0 spiro atoms. The first kappa shape index (κ1) is 26.7. The minimum Gasteiger partial charge on any atom is -0.354 e. The van der Waals surface area contributed by atoms with E-state index >= 15 is 0 Å². The highest BCUT2D eigenvalue weighted by Gasteiger charge is 2.30. The second kappa shape index (κ2) is 11.5. The summed E-state index contributed by atoms with van der Waals surface area (Å²) < 4.78 is 26.4. The third kappa shape index (κ3) is 7.47. The molecule has 0 bridgehead atoms. The number of aryl methyl sites for hydroxylation is 2. The zero-order valence-electron chi connectivity index (χ0n) is 19.8. The van der Waals surface area contributed by atoms with Gasteiger partial charge in [-0.3, -0.25) is 13.9 Å². The number of hydrogen-bond acceptors (Lipinski definition) is 4. The average Bonchev–Trinajstić information content (AvgIpc) is 2.75. The van der Waals surface area contributed by atoms with Crippen LogP contribution in [0.25, 0.3) is 0 Å². The van der Waals surface area contributed by atoms with E-state index in [0.717, 1.165) is 33.7 Å². The smallest absolute Gasteiger partial charge is 0.244 e. The Balaban J connectivity index is 2.40. The number of nitrogens with one attached hydrogen (secondary N) is 1. The van der Waals surface area contributed by atoms with E-state index in [1.807, 2.05) is 26.0 Å². The summed E-state index contributed by atoms with van der Waals surface area (Å²) >= 11 is 5.98. The molecule has 9 heteroatoms. The van der Waals surface area contributed by atoms with Crippen molar-refractivity contribution >= 4 is 39.1 Å². The van der Waals surface area contributed by atoms with Crippen molar-refractivity contribution in [1.29, 1.82) is 0 Å². The standard InChI is InChI=1S/C24H32ClN3O4S/c1-6-13-26-24(30)19(4)27(15-20-9-11-21(25)12-10-20)23(29)16-28(33(5,31)32)22-14-17(2)7-8-18(22)3/h7-12,14,19H,6,13,15-16H2,1-5H3,(H,26,30)/t19-/m1/s1. The Morgan fingerprint density at radius 3 is 2.30 bits per heavy atom. The van der Waals surface area contributed by atoms with E-state index in [1.54, 1.807) is 44.2 Å². The van der Waals surface area contributed by atoms with Crippen LogP contribution in [0.4, 0.5) is 5.69 Å². The molecular formula is C24H32ClN3O4S. The molecule has 0 fully saturated rings. The highest BCUT2D eigenvalue weighted by molar-refractivity contribution is 7.92. The van der Waals surface area contributed by atoms with Crippen LogP contribution in [-0.2, 0) is 26.2 Å². The molecule has 0 aromatic heterocycles. The maximum absolute atomic E-state index is 13.5. The van der Waals surface area contributed by atoms with Gasteiger partial charge in [0.25, 0.3) is 0 Å². The topological polar surface area (TPSA) is 86.8 Å². The fraction of sp³-hybridized carbons (Fsp3) is 0.417. The van der Waals surface area contributed by atoms with Crippen LogP contribution in [0.15, 0.2) is 42.5 Å². The Kier molecular flexibility index (Phi) is 9.31. The van der Waals surface area contributed by atoms with Crippen molar-refractivity contribution in [3.63, 3.8) is 0 Å². The van der Waals surface area contributed by atoms with Crippen molar-refractivity contribution in [1.82, 2.24) is 10.2 Å². The van der Waals surface area contributed by atoms with Gasteiger partial charge in [0.15, 0.2) is 0 Å². The van der Waals surface area contributed by atoms with E-state index in [0.29, 0.717) is 17.3 Å². The number of carbonyl (C=O) groups is 2. The number of amides is 2. The van der Waals surface area contributed by atoms with Gasteiger partial charge in [-0.25, -0.2) is 8.42 Å². The summed E-state index contributed by atoms with van der Waals surface area (Å²) in [7, 11) is -3.76. The fourth-order valence-corrected chi connectivity index (χ4v) is 4.37. The minimum absolute atomic E-state index is 0.140. The number of anilines is 1. The zero-order valence-corrected chi connectivity index (χ0v) is 21.3. The minimum atomic E-state index is -3.76. The van der Waals surface area contributed by atoms with Crippen LogP contribution in [-0.4, -0.2) is 50.5 Å². The van der Waals surface area contributed by atoms with E-state index in [9.17, 15) is 18.0 Å². The number of hydrogen-bond donors (Lipinski definition) is 1. The lowest BCUT2D eigenvalue weighted by molar-refractivity contribution is -0.139. The van der Waals surface area contributed by atoms with Crippen LogP contribution in [0, 0.1) is 13.8 Å². The molecule has 7 nitrogen and oxygen atoms in total. The van der Waals surface area contributed by atoms with Gasteiger partial charge < -0.3 is 10.2 Å². The predicted molar refractivity (Wildman–Crippen MR) is 133 cm³/mol. The molecule has 0 saturated heterocycles. The molecule has 0 aliphatic carbocycles. The van der Waals surface area contributed by atoms with E-state index in [-0.39, 0.29) is 12.5 Å². The van der Waals surface area contributed by atoms with Crippen molar-refractivity contribution in [2.45, 2.75) is 46.7 Å². The zero-order chi connectivity index (χ0) is 24.8. The summed E-state index contributed by atoms with van der Waals surface area (Å²) in [5, 5.41) is 3.37. The third-order valence-electron chi connectivity index (χ3n) is 5.30. The number of carbonyl (C=O) groups excluding carboxylic acids is 2. The molecule has 0 aliphatic rings. The SMILES string of the molecule is CCCNC(=O)[C@@H](C)N(Cc1ccc(Cl)cc1)C(=O)CN(c1cc(C)ccc1C)S(C)(=O)=O. The van der Waals surface area contributed by atoms with Crippen LogP contribution in [0.2, 0.25) is 5.02 Å². The predicted octanol–water partition coefficient (Wildman–Crippen LogP) is 3.67. The summed E-state index contributed by atoms with van der Waals surface area (Å²) in [6.45, 7) is 7.45. The second-order valence-corrected chi connectivity index (χ2v) is 10.5. The van der Waals surface area contributed by atoms with Gasteiger partial charge in [0.05, 0.1) is 11.9 Å². The Hall–Kier alpha value is -2.58. The quantitative estimate of drug-likeness (QED) is 0.547. The molecule has 1 N–H and O–H groups in total. The number of nitrogens with zero attached hydrogens (tertiary/aromatic N) is 2. The van der Waals surface area contributed by atoms with Crippen molar-refractivity contribution in [3.8, 4) is 0 Å². The Labute approximate surface area is 201 Å². The summed E-state index contributed by atoms with van der Waals surface area (Å²) in [6.07, 6.45) is 1.83. The normalized spacial score (nSPS) is 12.2. The van der Waals surface area contributed by atoms with E-state index in [4.69, 9.17) is 11.6 Å². The third-order valence-corrected chi connectivity index (χ3v) is 6.67. The first-order valence-electron chi connectivity index (χ1n) is 10.8. The maximum Gasteiger partial charge on any atom is 0.244 e. The molecule has 2 rings (SSSR count). The van der Waals surface area contributed by atoms with Crippen LogP contribution in [0.5, 0.6) is 0 Å². The van der Waals surface area contributed by atoms with Gasteiger partial charge in [0, 0.05) is 18.1 Å². The Morgan fingerprint density at radius 2 is 1.73 bits per heavy atom. The van der Waals surface area contributed by atoms with Gasteiger partial charge in [-0.15, -0.1) is 0 Å². The molecule has 2 aromatic rings. The van der Waals surface area contributed by atoms with E-state index in [2.05, 4.69) is 5.32 Å². The average molecular weight is 494 g/mol. The first-order chi connectivity index (χ1) is 15.4. The molecule has 33 heavy (non-hydrogen) atoms. The molecular weight excluding hydrogens is 462 g/mol. The van der Waals surface area contributed by atoms with Gasteiger partial charge in [-0.05, 0) is 62.1 Å². The molecule has 1 atom stereocenters. The van der Waals surface area contributed by atoms with Gasteiger partial charge >= 0.3 is 0 Å². The van der Waals surface area contributed by atoms with Gasteiger partial charge in [0.2, 0.25) is 21.8 Å². The molecule has 2 aromatic carbocycles. The van der Waals surface area contributed by atoms with E-state index < -0.39 is 28.5 Å². The number of rotatable bonds is 10. The lowest BCUT2D eigenvalue weighted by Crippen LogP contribution is -2.51. The lowest BCUT2D eigenvalue weighted by atomic mass is 10.1. The molecule has 180 valence electrons. The van der Waals surface area contributed by atoms with Crippen molar-refractivity contribution in [2.24, 2.45) is 0 Å². The molecule has 0 heterocycles. The van der Waals surface area contributed by atoms with E-state index in [1.165, 1.54) is 4.90 Å². The molecule has 0 saturated carbocycles. The van der Waals surface area contributed by atoms with Crippen LogP contribution >= 0.6 is 11.6 Å². The Bertz CT molecular complexity index is 1090. The highest BCUT2D eigenvalue weighted by atomic mass is 35.5.